The number of nitrogens with zero attached hydrogens (tertiary/aromatic N) is 1. The SMILES string of the molecule is O=C(c1ccc(Cl)cc1)N1CC(O)C(O)C1. The number of β-amino-alcohol motifs (C(OH)–C–C–N with tert-alkyl or cyclic N) is 2. The Morgan fingerprint density at radius 3 is 2.19 bits per heavy atom. The second-order valence-corrected chi connectivity index (χ2v) is 4.29. The molecule has 0 bridgehead atoms. The van der Waals surface area contributed by atoms with Crippen LogP contribution in [0.2, 0.25) is 5.02 Å². The quantitative estimate of drug-likeness (QED) is 0.754. The number of amides is 1. The summed E-state index contributed by atoms with van der Waals surface area (Å²) < 4.78 is 0. The zero-order chi connectivity index (χ0) is 11.7. The fraction of sp³-hybridized carbons (Fsp3) is 0.364. The monoisotopic (exact) mass is 241 g/mol. The summed E-state index contributed by atoms with van der Waals surface area (Å²) in [6.45, 7) is 0.339. The average molecular weight is 242 g/mol. The Labute approximate surface area is 98.1 Å². The summed E-state index contributed by atoms with van der Waals surface area (Å²) in [5.74, 6) is -0.202. The van der Waals surface area contributed by atoms with Gasteiger partial charge < -0.3 is 15.1 Å². The van der Waals surface area contributed by atoms with Gasteiger partial charge in [0.1, 0.15) is 0 Å². The highest BCUT2D eigenvalue weighted by Gasteiger charge is 2.32. The summed E-state index contributed by atoms with van der Waals surface area (Å²) >= 11 is 5.72. The first-order valence-corrected chi connectivity index (χ1v) is 5.36. The van der Waals surface area contributed by atoms with Gasteiger partial charge in [0.25, 0.3) is 5.91 Å². The summed E-state index contributed by atoms with van der Waals surface area (Å²) in [5.41, 5.74) is 0.505. The third-order valence-electron chi connectivity index (χ3n) is 2.64. The van der Waals surface area contributed by atoms with Crippen LogP contribution in [-0.4, -0.2) is 46.3 Å². The van der Waals surface area contributed by atoms with Crippen LogP contribution >= 0.6 is 11.6 Å². The molecule has 1 aromatic carbocycles. The number of rotatable bonds is 1. The maximum Gasteiger partial charge on any atom is 0.254 e. The molecule has 0 aliphatic carbocycles. The molecule has 0 radical (unpaired) electrons. The summed E-state index contributed by atoms with van der Waals surface area (Å²) in [5, 5.41) is 19.3. The maximum atomic E-state index is 11.9. The van der Waals surface area contributed by atoms with Crippen molar-refractivity contribution in [2.45, 2.75) is 12.2 Å². The fourth-order valence-electron chi connectivity index (χ4n) is 1.71. The van der Waals surface area contributed by atoms with Gasteiger partial charge in [-0.05, 0) is 24.3 Å². The summed E-state index contributed by atoms with van der Waals surface area (Å²) in [6.07, 6.45) is -1.70. The van der Waals surface area contributed by atoms with Crippen molar-refractivity contribution in [3.05, 3.63) is 34.9 Å². The molecule has 1 fully saturated rings. The minimum atomic E-state index is -0.851. The molecule has 1 saturated heterocycles. The molecule has 0 aromatic heterocycles. The van der Waals surface area contributed by atoms with Gasteiger partial charge in [0.2, 0.25) is 0 Å². The van der Waals surface area contributed by atoms with Crippen molar-refractivity contribution in [2.75, 3.05) is 13.1 Å². The molecule has 1 amide bonds. The number of carbonyl (C=O) groups excluding carboxylic acids is 1. The van der Waals surface area contributed by atoms with E-state index in [2.05, 4.69) is 0 Å². The number of hydrogen-bond acceptors (Lipinski definition) is 3. The highest BCUT2D eigenvalue weighted by molar-refractivity contribution is 6.30. The molecule has 2 rings (SSSR count). The van der Waals surface area contributed by atoms with Crippen LogP contribution in [0.1, 0.15) is 10.4 Å². The van der Waals surface area contributed by atoms with Gasteiger partial charge in [-0.3, -0.25) is 4.79 Å². The van der Waals surface area contributed by atoms with Crippen molar-refractivity contribution in [2.24, 2.45) is 0 Å². The molecule has 16 heavy (non-hydrogen) atoms. The van der Waals surface area contributed by atoms with Gasteiger partial charge in [0, 0.05) is 23.7 Å². The number of hydrogen-bond donors (Lipinski definition) is 2. The van der Waals surface area contributed by atoms with E-state index in [1.807, 2.05) is 0 Å². The van der Waals surface area contributed by atoms with Gasteiger partial charge in [-0.1, -0.05) is 11.6 Å². The van der Waals surface area contributed by atoms with Crippen molar-refractivity contribution in [3.8, 4) is 0 Å². The van der Waals surface area contributed by atoms with Crippen LogP contribution < -0.4 is 0 Å². The number of carbonyl (C=O) groups is 1. The van der Waals surface area contributed by atoms with Gasteiger partial charge in [-0.2, -0.15) is 0 Å². The van der Waals surface area contributed by atoms with Gasteiger partial charge in [0.15, 0.2) is 0 Å². The highest BCUT2D eigenvalue weighted by atomic mass is 35.5. The Hall–Kier alpha value is -1.10. The minimum absolute atomic E-state index is 0.169. The van der Waals surface area contributed by atoms with Gasteiger partial charge >= 0.3 is 0 Å². The smallest absolute Gasteiger partial charge is 0.254 e. The van der Waals surface area contributed by atoms with Gasteiger partial charge in [-0.15, -0.1) is 0 Å². The lowest BCUT2D eigenvalue weighted by Crippen LogP contribution is -2.29. The molecule has 1 aromatic rings. The van der Waals surface area contributed by atoms with Crippen LogP contribution in [0.25, 0.3) is 0 Å². The van der Waals surface area contributed by atoms with E-state index in [-0.39, 0.29) is 19.0 Å². The first kappa shape index (κ1) is 11.4. The lowest BCUT2D eigenvalue weighted by Gasteiger charge is -2.15. The first-order valence-electron chi connectivity index (χ1n) is 4.99. The number of halogens is 1. The van der Waals surface area contributed by atoms with Crippen LogP contribution in [0, 0.1) is 0 Å². The largest absolute Gasteiger partial charge is 0.388 e. The molecule has 2 atom stereocenters. The molecule has 0 spiro atoms. The van der Waals surface area contributed by atoms with Gasteiger partial charge in [-0.25, -0.2) is 0 Å². The Kier molecular flexibility index (Phi) is 3.14. The molecule has 2 unspecified atom stereocenters. The zero-order valence-corrected chi connectivity index (χ0v) is 9.26. The third-order valence-corrected chi connectivity index (χ3v) is 2.89. The predicted octanol–water partition coefficient (Wildman–Crippen LogP) is 0.518. The van der Waals surface area contributed by atoms with Crippen molar-refractivity contribution in [1.82, 2.24) is 4.90 Å². The van der Waals surface area contributed by atoms with E-state index in [0.29, 0.717) is 10.6 Å². The molecule has 1 aliphatic rings. The van der Waals surface area contributed by atoms with Crippen molar-refractivity contribution in [1.29, 1.82) is 0 Å². The molecular weight excluding hydrogens is 230 g/mol. The van der Waals surface area contributed by atoms with Crippen molar-refractivity contribution < 1.29 is 15.0 Å². The minimum Gasteiger partial charge on any atom is -0.388 e. The Morgan fingerprint density at radius 1 is 1.19 bits per heavy atom. The van der Waals surface area contributed by atoms with E-state index in [9.17, 15) is 15.0 Å². The van der Waals surface area contributed by atoms with Crippen molar-refractivity contribution >= 4 is 17.5 Å². The molecule has 86 valence electrons. The number of aliphatic hydroxyl groups excluding tert-OH is 2. The average Bonchev–Trinajstić information content (AvgIpc) is 2.59. The second-order valence-electron chi connectivity index (χ2n) is 3.85. The molecule has 1 aliphatic heterocycles. The lowest BCUT2D eigenvalue weighted by molar-refractivity contribution is 0.0572. The van der Waals surface area contributed by atoms with E-state index in [1.54, 1.807) is 24.3 Å². The van der Waals surface area contributed by atoms with Crippen LogP contribution in [0.4, 0.5) is 0 Å². The summed E-state index contributed by atoms with van der Waals surface area (Å²) in [4.78, 5) is 13.3. The van der Waals surface area contributed by atoms with Crippen LogP contribution in [0.3, 0.4) is 0 Å². The summed E-state index contributed by atoms with van der Waals surface area (Å²) in [7, 11) is 0. The lowest BCUT2D eigenvalue weighted by atomic mass is 10.2. The zero-order valence-electron chi connectivity index (χ0n) is 8.51. The Balaban J connectivity index is 2.11. The van der Waals surface area contributed by atoms with Gasteiger partial charge in [0.05, 0.1) is 12.2 Å². The van der Waals surface area contributed by atoms with E-state index >= 15 is 0 Å². The molecule has 4 nitrogen and oxygen atoms in total. The molecule has 0 saturated carbocycles. The van der Waals surface area contributed by atoms with E-state index in [0.717, 1.165) is 0 Å². The van der Waals surface area contributed by atoms with E-state index < -0.39 is 12.2 Å². The Bertz CT molecular complexity index is 383. The highest BCUT2D eigenvalue weighted by Crippen LogP contribution is 2.16. The number of benzene rings is 1. The maximum absolute atomic E-state index is 11.9. The first-order chi connectivity index (χ1) is 7.58. The normalized spacial score (nSPS) is 24.8. The molecule has 5 heteroatoms. The van der Waals surface area contributed by atoms with Crippen molar-refractivity contribution in [3.63, 3.8) is 0 Å². The summed E-state index contributed by atoms with van der Waals surface area (Å²) in [6, 6.07) is 6.53. The van der Waals surface area contributed by atoms with Crippen LogP contribution in [0.5, 0.6) is 0 Å². The fourth-order valence-corrected chi connectivity index (χ4v) is 1.84. The van der Waals surface area contributed by atoms with E-state index in [1.165, 1.54) is 4.90 Å². The predicted molar refractivity (Wildman–Crippen MR) is 59.4 cm³/mol. The van der Waals surface area contributed by atoms with Crippen LogP contribution in [-0.2, 0) is 0 Å². The number of aliphatic hydroxyl groups is 2. The number of likely N-dealkylation sites (tertiary alicyclic amines) is 1. The standard InChI is InChI=1S/C11H12ClNO3/c12-8-3-1-7(2-4-8)11(16)13-5-9(14)10(15)6-13/h1-4,9-10,14-15H,5-6H2. The van der Waals surface area contributed by atoms with E-state index in [4.69, 9.17) is 11.6 Å². The topological polar surface area (TPSA) is 60.8 Å². The van der Waals surface area contributed by atoms with Crippen LogP contribution in [0.15, 0.2) is 24.3 Å². The second kappa shape index (κ2) is 4.41. The molecular formula is C11H12ClNO3. The molecule has 1 heterocycles. The third kappa shape index (κ3) is 2.19. The molecule has 2 N–H and O–H groups in total. The Morgan fingerprint density at radius 2 is 1.69 bits per heavy atom.